The number of rotatable bonds is 3. The Kier molecular flexibility index (Phi) is 4.13. The molecular weight excluding hydrogens is 268 g/mol. The SMILES string of the molecule is Cc1ccc(CC(=O)N2CCC[C@H]2[C@@H]2CCCN2C)s1. The van der Waals surface area contributed by atoms with Crippen LogP contribution in [-0.2, 0) is 11.2 Å². The van der Waals surface area contributed by atoms with Crippen molar-refractivity contribution in [1.82, 2.24) is 9.80 Å². The molecular formula is C16H24N2OS. The highest BCUT2D eigenvalue weighted by atomic mass is 32.1. The van der Waals surface area contributed by atoms with Gasteiger partial charge >= 0.3 is 0 Å². The van der Waals surface area contributed by atoms with Crippen molar-refractivity contribution in [3.8, 4) is 0 Å². The lowest BCUT2D eigenvalue weighted by Crippen LogP contribution is -2.47. The molecule has 3 rings (SSSR count). The number of amides is 1. The molecule has 110 valence electrons. The number of hydrogen-bond acceptors (Lipinski definition) is 3. The highest BCUT2D eigenvalue weighted by molar-refractivity contribution is 7.12. The Morgan fingerprint density at radius 3 is 2.65 bits per heavy atom. The molecule has 3 nitrogen and oxygen atoms in total. The highest BCUT2D eigenvalue weighted by Crippen LogP contribution is 2.29. The van der Waals surface area contributed by atoms with E-state index >= 15 is 0 Å². The molecule has 0 aliphatic carbocycles. The molecule has 0 unspecified atom stereocenters. The Bertz CT molecular complexity index is 485. The summed E-state index contributed by atoms with van der Waals surface area (Å²) in [7, 11) is 2.21. The van der Waals surface area contributed by atoms with E-state index in [9.17, 15) is 4.79 Å². The minimum atomic E-state index is 0.328. The maximum atomic E-state index is 12.6. The van der Waals surface area contributed by atoms with Crippen molar-refractivity contribution < 1.29 is 4.79 Å². The van der Waals surface area contributed by atoms with Crippen molar-refractivity contribution in [2.24, 2.45) is 0 Å². The van der Waals surface area contributed by atoms with Crippen molar-refractivity contribution in [3.63, 3.8) is 0 Å². The summed E-state index contributed by atoms with van der Waals surface area (Å²) in [4.78, 5) is 19.7. The van der Waals surface area contributed by atoms with Gasteiger partial charge in [0.2, 0.25) is 5.91 Å². The van der Waals surface area contributed by atoms with E-state index in [0.29, 0.717) is 24.4 Å². The van der Waals surface area contributed by atoms with E-state index in [-0.39, 0.29) is 0 Å². The van der Waals surface area contributed by atoms with E-state index < -0.39 is 0 Å². The Morgan fingerprint density at radius 1 is 1.25 bits per heavy atom. The number of carbonyl (C=O) groups is 1. The van der Waals surface area contributed by atoms with Crippen LogP contribution in [0.3, 0.4) is 0 Å². The molecule has 0 radical (unpaired) electrons. The van der Waals surface area contributed by atoms with Crippen LogP contribution in [0.2, 0.25) is 0 Å². The first-order chi connectivity index (χ1) is 9.65. The highest BCUT2D eigenvalue weighted by Gasteiger charge is 2.38. The lowest BCUT2D eigenvalue weighted by Gasteiger charge is -2.33. The lowest BCUT2D eigenvalue weighted by molar-refractivity contribution is -0.132. The Morgan fingerprint density at radius 2 is 2.00 bits per heavy atom. The van der Waals surface area contributed by atoms with E-state index in [4.69, 9.17) is 0 Å². The smallest absolute Gasteiger partial charge is 0.228 e. The van der Waals surface area contributed by atoms with E-state index in [0.717, 1.165) is 6.54 Å². The van der Waals surface area contributed by atoms with E-state index in [1.807, 2.05) is 0 Å². The summed E-state index contributed by atoms with van der Waals surface area (Å²) in [6.07, 6.45) is 5.48. The number of thiophene rings is 1. The van der Waals surface area contributed by atoms with Gasteiger partial charge in [-0.1, -0.05) is 0 Å². The Balaban J connectivity index is 1.67. The largest absolute Gasteiger partial charge is 0.338 e. The third-order valence-electron chi connectivity index (χ3n) is 4.76. The summed E-state index contributed by atoms with van der Waals surface area (Å²) in [5, 5.41) is 0. The van der Waals surface area contributed by atoms with Crippen LogP contribution in [0, 0.1) is 6.92 Å². The molecule has 3 heterocycles. The van der Waals surface area contributed by atoms with Crippen molar-refractivity contribution in [3.05, 3.63) is 21.9 Å². The van der Waals surface area contributed by atoms with Crippen molar-refractivity contribution in [2.45, 2.75) is 51.1 Å². The quantitative estimate of drug-likeness (QED) is 0.855. The van der Waals surface area contributed by atoms with Crippen LogP contribution in [0.1, 0.15) is 35.4 Å². The molecule has 2 fully saturated rings. The van der Waals surface area contributed by atoms with Gasteiger partial charge in [-0.05, 0) is 58.3 Å². The number of carbonyl (C=O) groups excluding carboxylic acids is 1. The molecule has 1 aromatic rings. The van der Waals surface area contributed by atoms with Crippen LogP contribution < -0.4 is 0 Å². The molecule has 2 atom stereocenters. The molecule has 0 N–H and O–H groups in total. The monoisotopic (exact) mass is 292 g/mol. The normalized spacial score (nSPS) is 27.4. The molecule has 0 saturated carbocycles. The maximum Gasteiger partial charge on any atom is 0.228 e. The molecule has 1 aromatic heterocycles. The predicted molar refractivity (Wildman–Crippen MR) is 83.1 cm³/mol. The zero-order valence-corrected chi connectivity index (χ0v) is 13.3. The summed E-state index contributed by atoms with van der Waals surface area (Å²) < 4.78 is 0. The van der Waals surface area contributed by atoms with Gasteiger partial charge in [0.1, 0.15) is 0 Å². The Hall–Kier alpha value is -0.870. The number of aryl methyl sites for hydroxylation is 1. The molecule has 0 aromatic carbocycles. The lowest BCUT2D eigenvalue weighted by atomic mass is 10.0. The van der Waals surface area contributed by atoms with Gasteiger partial charge in [-0.2, -0.15) is 0 Å². The first-order valence-electron chi connectivity index (χ1n) is 7.70. The fourth-order valence-electron chi connectivity index (χ4n) is 3.76. The number of likely N-dealkylation sites (tertiary alicyclic amines) is 2. The van der Waals surface area contributed by atoms with Crippen LogP contribution in [0.4, 0.5) is 0 Å². The summed E-state index contributed by atoms with van der Waals surface area (Å²) in [6.45, 7) is 4.25. The van der Waals surface area contributed by atoms with Crippen LogP contribution in [0.25, 0.3) is 0 Å². The molecule has 4 heteroatoms. The molecule has 0 spiro atoms. The first-order valence-corrected chi connectivity index (χ1v) is 8.52. The van der Waals surface area contributed by atoms with Gasteiger partial charge in [0.05, 0.1) is 6.42 Å². The first kappa shape index (κ1) is 14.1. The fourth-order valence-corrected chi connectivity index (χ4v) is 4.64. The number of hydrogen-bond donors (Lipinski definition) is 0. The van der Waals surface area contributed by atoms with Gasteiger partial charge in [-0.3, -0.25) is 4.79 Å². The van der Waals surface area contributed by atoms with Crippen LogP contribution in [0.5, 0.6) is 0 Å². The maximum absolute atomic E-state index is 12.6. The minimum Gasteiger partial charge on any atom is -0.338 e. The fraction of sp³-hybridized carbons (Fsp3) is 0.688. The zero-order valence-electron chi connectivity index (χ0n) is 12.5. The minimum absolute atomic E-state index is 0.328. The van der Waals surface area contributed by atoms with Crippen molar-refractivity contribution >= 4 is 17.2 Å². The molecule has 2 saturated heterocycles. The zero-order chi connectivity index (χ0) is 14.1. The second kappa shape index (κ2) is 5.86. The van der Waals surface area contributed by atoms with Gasteiger partial charge < -0.3 is 9.80 Å². The van der Waals surface area contributed by atoms with E-state index in [2.05, 4.69) is 35.9 Å². The van der Waals surface area contributed by atoms with E-state index in [1.54, 1.807) is 11.3 Å². The van der Waals surface area contributed by atoms with Crippen molar-refractivity contribution in [2.75, 3.05) is 20.1 Å². The average molecular weight is 292 g/mol. The summed E-state index contributed by atoms with van der Waals surface area (Å²) >= 11 is 1.75. The van der Waals surface area contributed by atoms with Gasteiger partial charge in [0.25, 0.3) is 0 Å². The predicted octanol–water partition coefficient (Wildman–Crippen LogP) is 2.68. The topological polar surface area (TPSA) is 23.6 Å². The number of nitrogens with zero attached hydrogens (tertiary/aromatic N) is 2. The number of likely N-dealkylation sites (N-methyl/N-ethyl adjacent to an activating group) is 1. The second-order valence-electron chi connectivity index (χ2n) is 6.18. The molecule has 1 amide bonds. The van der Waals surface area contributed by atoms with Crippen LogP contribution in [-0.4, -0.2) is 47.9 Å². The standard InChI is InChI=1S/C16H24N2OS/c1-12-7-8-13(20-12)11-16(19)18-10-4-6-15(18)14-5-3-9-17(14)2/h7-8,14-15H,3-6,9-11H2,1-2H3/t14-,15-/m0/s1. The van der Waals surface area contributed by atoms with Crippen LogP contribution >= 0.6 is 11.3 Å². The summed E-state index contributed by atoms with van der Waals surface area (Å²) in [5.41, 5.74) is 0. The third-order valence-corrected chi connectivity index (χ3v) is 5.76. The van der Waals surface area contributed by atoms with Crippen molar-refractivity contribution in [1.29, 1.82) is 0 Å². The molecule has 2 aliphatic rings. The van der Waals surface area contributed by atoms with E-state index in [1.165, 1.54) is 42.0 Å². The Labute approximate surface area is 125 Å². The third kappa shape index (κ3) is 2.77. The van der Waals surface area contributed by atoms with Gasteiger partial charge in [-0.15, -0.1) is 11.3 Å². The second-order valence-corrected chi connectivity index (χ2v) is 7.55. The van der Waals surface area contributed by atoms with Gasteiger partial charge in [0, 0.05) is 28.4 Å². The van der Waals surface area contributed by atoms with Crippen LogP contribution in [0.15, 0.2) is 12.1 Å². The molecule has 20 heavy (non-hydrogen) atoms. The van der Waals surface area contributed by atoms with Gasteiger partial charge in [0.15, 0.2) is 0 Å². The summed E-state index contributed by atoms with van der Waals surface area (Å²) in [6, 6.07) is 5.26. The molecule has 2 aliphatic heterocycles. The molecule has 0 bridgehead atoms. The summed E-state index contributed by atoms with van der Waals surface area (Å²) in [5.74, 6) is 0.328. The average Bonchev–Trinajstić information content (AvgIpc) is 3.10. The van der Waals surface area contributed by atoms with Gasteiger partial charge in [-0.25, -0.2) is 0 Å².